The number of halogens is 1. The highest BCUT2D eigenvalue weighted by molar-refractivity contribution is 9.10. The number of amides is 1. The maximum Gasteiger partial charge on any atom is 0.305 e. The van der Waals surface area contributed by atoms with E-state index in [1.54, 1.807) is 16.7 Å². The van der Waals surface area contributed by atoms with E-state index in [0.717, 1.165) is 20.8 Å². The van der Waals surface area contributed by atoms with Gasteiger partial charge in [-0.3, -0.25) is 9.59 Å². The average Bonchev–Trinajstić information content (AvgIpc) is 3.15. The van der Waals surface area contributed by atoms with Crippen LogP contribution in [0, 0.1) is 0 Å². The highest BCUT2D eigenvalue weighted by Crippen LogP contribution is 2.31. The fraction of sp³-hybridized carbons (Fsp3) is 0.357. The molecule has 0 aliphatic rings. The molecule has 0 spiro atoms. The molecule has 22 heavy (non-hydrogen) atoms. The Morgan fingerprint density at radius 1 is 1.32 bits per heavy atom. The van der Waals surface area contributed by atoms with Crippen molar-refractivity contribution in [3.63, 3.8) is 0 Å². The van der Waals surface area contributed by atoms with E-state index in [9.17, 15) is 9.59 Å². The van der Waals surface area contributed by atoms with Gasteiger partial charge in [-0.2, -0.15) is 0 Å². The van der Waals surface area contributed by atoms with Crippen LogP contribution in [0.5, 0.6) is 0 Å². The summed E-state index contributed by atoms with van der Waals surface area (Å²) in [7, 11) is 1.37. The molecule has 0 aliphatic heterocycles. The number of hydrogen-bond donors (Lipinski definition) is 1. The molecular weight excluding hydrogens is 388 g/mol. The summed E-state index contributed by atoms with van der Waals surface area (Å²) < 4.78 is 5.57. The minimum atomic E-state index is -0.224. The molecule has 1 amide bonds. The Kier molecular flexibility index (Phi) is 6.53. The van der Waals surface area contributed by atoms with E-state index in [2.05, 4.69) is 31.0 Å². The van der Waals surface area contributed by atoms with Gasteiger partial charge in [0.1, 0.15) is 10.7 Å². The van der Waals surface area contributed by atoms with Crippen LogP contribution in [-0.2, 0) is 9.53 Å². The van der Waals surface area contributed by atoms with Gasteiger partial charge in [0.2, 0.25) is 0 Å². The predicted molar refractivity (Wildman–Crippen MR) is 91.3 cm³/mol. The van der Waals surface area contributed by atoms with Crippen LogP contribution in [-0.4, -0.2) is 30.5 Å². The van der Waals surface area contributed by atoms with Crippen LogP contribution < -0.4 is 5.32 Å². The summed E-state index contributed by atoms with van der Waals surface area (Å²) in [6, 6.07) is 1.98. The van der Waals surface area contributed by atoms with Gasteiger partial charge >= 0.3 is 5.97 Å². The van der Waals surface area contributed by atoms with Gasteiger partial charge < -0.3 is 10.1 Å². The van der Waals surface area contributed by atoms with Gasteiger partial charge in [-0.05, 0) is 34.8 Å². The number of ether oxygens (including phenoxy) is 1. The van der Waals surface area contributed by atoms with Crippen LogP contribution in [0.3, 0.4) is 0 Å². The normalized spacial score (nSPS) is 10.5. The number of rotatable bonds is 7. The molecule has 0 atom stereocenters. The number of aromatic nitrogens is 1. The molecule has 0 aliphatic carbocycles. The topological polar surface area (TPSA) is 68.3 Å². The van der Waals surface area contributed by atoms with E-state index < -0.39 is 0 Å². The fourth-order valence-corrected chi connectivity index (χ4v) is 4.01. The van der Waals surface area contributed by atoms with E-state index in [4.69, 9.17) is 0 Å². The van der Waals surface area contributed by atoms with E-state index in [1.807, 2.05) is 11.4 Å². The first kappa shape index (κ1) is 17.1. The Balaban J connectivity index is 1.79. The van der Waals surface area contributed by atoms with Crippen molar-refractivity contribution in [2.75, 3.05) is 13.7 Å². The minimum Gasteiger partial charge on any atom is -0.469 e. The third kappa shape index (κ3) is 4.89. The van der Waals surface area contributed by atoms with Gasteiger partial charge in [0, 0.05) is 28.2 Å². The van der Waals surface area contributed by atoms with E-state index >= 15 is 0 Å². The predicted octanol–water partition coefficient (Wildman–Crippen LogP) is 3.71. The van der Waals surface area contributed by atoms with E-state index in [1.165, 1.54) is 18.4 Å². The first-order chi connectivity index (χ1) is 10.6. The number of carbonyl (C=O) groups is 2. The number of thiophene rings is 1. The second kappa shape index (κ2) is 8.40. The molecule has 0 unspecified atom stereocenters. The van der Waals surface area contributed by atoms with E-state index in [-0.39, 0.29) is 11.9 Å². The van der Waals surface area contributed by atoms with E-state index in [0.29, 0.717) is 25.1 Å². The smallest absolute Gasteiger partial charge is 0.305 e. The van der Waals surface area contributed by atoms with Gasteiger partial charge in [0.15, 0.2) is 0 Å². The lowest BCUT2D eigenvalue weighted by Crippen LogP contribution is -2.24. The van der Waals surface area contributed by atoms with Crippen LogP contribution in [0.4, 0.5) is 0 Å². The highest BCUT2D eigenvalue weighted by Gasteiger charge is 2.12. The maximum atomic E-state index is 12.0. The molecule has 0 fully saturated rings. The molecule has 0 radical (unpaired) electrons. The molecule has 1 N–H and O–H groups in total. The Morgan fingerprint density at radius 2 is 2.14 bits per heavy atom. The van der Waals surface area contributed by atoms with Crippen molar-refractivity contribution >= 4 is 50.5 Å². The first-order valence-corrected chi connectivity index (χ1v) is 9.20. The lowest BCUT2D eigenvalue weighted by Gasteiger charge is -2.02. The largest absolute Gasteiger partial charge is 0.469 e. The van der Waals surface area contributed by atoms with Crippen LogP contribution >= 0.6 is 38.6 Å². The molecule has 118 valence electrons. The number of esters is 1. The van der Waals surface area contributed by atoms with Crippen molar-refractivity contribution in [3.05, 3.63) is 27.0 Å². The van der Waals surface area contributed by atoms with Gasteiger partial charge in [0.05, 0.1) is 12.0 Å². The summed E-state index contributed by atoms with van der Waals surface area (Å²) in [6.07, 6.45) is 1.80. The number of carbonyl (C=O) groups excluding carboxylic acids is 2. The summed E-state index contributed by atoms with van der Waals surface area (Å²) in [6.45, 7) is 0.521. The Hall–Kier alpha value is -1.25. The van der Waals surface area contributed by atoms with Crippen LogP contribution in [0.2, 0.25) is 0 Å². The molecule has 2 aromatic rings. The molecule has 5 nitrogen and oxygen atoms in total. The highest BCUT2D eigenvalue weighted by atomic mass is 79.9. The second-order valence-electron chi connectivity index (χ2n) is 4.46. The van der Waals surface area contributed by atoms with Crippen molar-refractivity contribution in [1.29, 1.82) is 0 Å². The quantitative estimate of drug-likeness (QED) is 0.565. The number of hydrogen-bond acceptors (Lipinski definition) is 6. The molecule has 2 aromatic heterocycles. The van der Waals surface area contributed by atoms with Gasteiger partial charge in [-0.15, -0.1) is 22.7 Å². The van der Waals surface area contributed by atoms with Gasteiger partial charge in [-0.25, -0.2) is 4.98 Å². The summed E-state index contributed by atoms with van der Waals surface area (Å²) >= 11 is 6.44. The second-order valence-corrected chi connectivity index (χ2v) is 7.14. The van der Waals surface area contributed by atoms with Crippen molar-refractivity contribution in [2.45, 2.75) is 19.3 Å². The lowest BCUT2D eigenvalue weighted by atomic mass is 10.2. The first-order valence-electron chi connectivity index (χ1n) is 6.65. The van der Waals surface area contributed by atoms with Crippen molar-refractivity contribution in [1.82, 2.24) is 10.3 Å². The number of thiazole rings is 1. The lowest BCUT2D eigenvalue weighted by molar-refractivity contribution is -0.140. The number of unbranched alkanes of at least 4 members (excludes halogenated alkanes) is 1. The van der Waals surface area contributed by atoms with Gasteiger partial charge in [0.25, 0.3) is 5.91 Å². The monoisotopic (exact) mass is 402 g/mol. The third-order valence-corrected chi connectivity index (χ3v) is 5.54. The van der Waals surface area contributed by atoms with Crippen LogP contribution in [0.15, 0.2) is 21.3 Å². The van der Waals surface area contributed by atoms with Crippen molar-refractivity contribution in [2.24, 2.45) is 0 Å². The molecular formula is C14H15BrN2O3S2. The van der Waals surface area contributed by atoms with Gasteiger partial charge in [-0.1, -0.05) is 0 Å². The Labute approximate surface area is 144 Å². The molecule has 0 saturated heterocycles. The molecule has 8 heteroatoms. The SMILES string of the molecule is COC(=O)CCCCNC(=O)c1csc(-c2cc(Br)cs2)n1. The van der Waals surface area contributed by atoms with Crippen molar-refractivity contribution in [3.8, 4) is 9.88 Å². The Morgan fingerprint density at radius 3 is 2.82 bits per heavy atom. The minimum absolute atomic E-state index is 0.184. The number of nitrogens with one attached hydrogen (secondary N) is 1. The summed E-state index contributed by atoms with van der Waals surface area (Å²) in [5.74, 6) is -0.409. The fourth-order valence-electron chi connectivity index (χ4n) is 1.71. The standard InChI is InChI=1S/C14H15BrN2O3S2/c1-20-12(18)4-2-3-5-16-13(19)10-8-22-14(17-10)11-6-9(15)7-21-11/h6-8H,2-5H2,1H3,(H,16,19). The zero-order valence-corrected chi connectivity index (χ0v) is 15.1. The zero-order chi connectivity index (χ0) is 15.9. The molecule has 0 saturated carbocycles. The zero-order valence-electron chi connectivity index (χ0n) is 11.9. The summed E-state index contributed by atoms with van der Waals surface area (Å²) in [5.41, 5.74) is 0.428. The molecule has 0 aromatic carbocycles. The summed E-state index contributed by atoms with van der Waals surface area (Å²) in [4.78, 5) is 28.3. The Bertz CT molecular complexity index is 654. The molecule has 2 rings (SSSR count). The average molecular weight is 403 g/mol. The van der Waals surface area contributed by atoms with Crippen LogP contribution in [0.25, 0.3) is 9.88 Å². The molecule has 2 heterocycles. The number of methoxy groups -OCH3 is 1. The third-order valence-electron chi connectivity index (χ3n) is 2.84. The van der Waals surface area contributed by atoms with Crippen molar-refractivity contribution < 1.29 is 14.3 Å². The summed E-state index contributed by atoms with van der Waals surface area (Å²) in [5, 5.41) is 7.39. The maximum absolute atomic E-state index is 12.0. The van der Waals surface area contributed by atoms with Crippen LogP contribution in [0.1, 0.15) is 29.8 Å². The number of nitrogens with zero attached hydrogens (tertiary/aromatic N) is 1. The molecule has 0 bridgehead atoms.